The summed E-state index contributed by atoms with van der Waals surface area (Å²) >= 11 is 0. The molecule has 5 aliphatic rings. The number of Topliss-reactive ketones (excluding diaryl/α,β-unsaturated/α-hetero) is 3. The number of aliphatic hydroxyl groups excluding tert-OH is 2. The standard InChI is InChI=1S/C25H26FN3O4.C25H24FN3O4.C21H19FN2O4.C20H18FN3O2.C10H16O3.C4H7NO.ClH/c2*1-25(2,3)33-24(32)29-22-20-10-15(14-5-4-6-16(26)9-14)7-8-19(20)21(13-27-22)23(31)28-17-11-18(30)12-17;1-21(2,3)28-20(27)24-18-16-10-13(12-5-4-6-14(22)9-12)7-8-15(16)17(11-23-18)19(25)26;21-13-3-1-2-11(6-13)12-4-5-16-17(7-12)19(22)23-10-18(16)20(26)24-14-8-15(25)9-14;1-10(2,3)13-9(12)6-7-4-8(11)5-7;5-3-1-4(6)2-3;/h4-10,13,17-18,30H,11-12H2,1-3H3,(H,28,31)(H,27,29,32);4-10,13,17H,11-12H2,1-3H3,(H,28,31)(H,27,29,32);4-11H,1-3H3,(H,25,26)(H,23,24,27);1-7,10,14-15,25H,8-9H2,(H2,22,23)(H,24,26);7H,4-6H2,1-3H3;3H,1-2,5H2;1H. The van der Waals surface area contributed by atoms with Crippen molar-refractivity contribution in [3.63, 3.8) is 0 Å². The molecule has 8 aromatic carbocycles. The fraction of sp³-hybridized carbons (Fsp3) is 0.324. The Bertz CT molecular complexity index is 6700. The second kappa shape index (κ2) is 45.2. The van der Waals surface area contributed by atoms with Crippen molar-refractivity contribution in [3.05, 3.63) is 240 Å². The third-order valence-corrected chi connectivity index (χ3v) is 22.1. The Morgan fingerprint density at radius 2 is 0.643 bits per heavy atom. The van der Waals surface area contributed by atoms with Crippen LogP contribution in [0.2, 0.25) is 0 Å². The summed E-state index contributed by atoms with van der Waals surface area (Å²) in [5.74, 6) is -1.84. The van der Waals surface area contributed by atoms with Crippen LogP contribution in [0.4, 0.5) is 55.2 Å². The molecule has 0 aliphatic heterocycles. The van der Waals surface area contributed by atoms with Crippen molar-refractivity contribution >= 4 is 144 Å². The van der Waals surface area contributed by atoms with E-state index < -0.39 is 46.7 Å². The third kappa shape index (κ3) is 29.7. The molecular formula is C105H111ClF4N12O18. The lowest BCUT2D eigenvalue weighted by molar-refractivity contribution is -0.157. The zero-order valence-corrected chi connectivity index (χ0v) is 79.9. The van der Waals surface area contributed by atoms with Crippen LogP contribution in [0.15, 0.2) is 195 Å². The largest absolute Gasteiger partial charge is 0.478 e. The summed E-state index contributed by atoms with van der Waals surface area (Å²) in [6, 6.07) is 45.5. The van der Waals surface area contributed by atoms with E-state index in [1.165, 1.54) is 73.3 Å². The first kappa shape index (κ1) is 106. The van der Waals surface area contributed by atoms with E-state index in [2.05, 4.69) is 51.8 Å². The molecule has 12 aromatic rings. The average Bonchev–Trinajstić information content (AvgIpc) is 0.769. The molecule has 0 unspecified atom stereocenters. The fourth-order valence-corrected chi connectivity index (χ4v) is 15.3. The second-order valence-electron chi connectivity index (χ2n) is 38.4. The Morgan fingerprint density at radius 3 is 0.921 bits per heavy atom. The Balaban J connectivity index is 0.000000168. The predicted molar refractivity (Wildman–Crippen MR) is 526 cm³/mol. The molecule has 0 atom stereocenters. The highest BCUT2D eigenvalue weighted by Crippen LogP contribution is 2.38. The van der Waals surface area contributed by atoms with Crippen LogP contribution in [-0.2, 0) is 38.1 Å². The Hall–Kier alpha value is -14.7. The van der Waals surface area contributed by atoms with Crippen molar-refractivity contribution < 1.29 is 105 Å². The lowest BCUT2D eigenvalue weighted by atomic mass is 9.82. The summed E-state index contributed by atoms with van der Waals surface area (Å²) in [7, 11) is 0. The summed E-state index contributed by atoms with van der Waals surface area (Å²) in [5.41, 5.74) is 15.3. The number of esters is 1. The number of nitrogens with zero attached hydrogens (tertiary/aromatic N) is 4. The number of nitrogens with one attached hydrogen (secondary N) is 6. The Kier molecular flexibility index (Phi) is 34.2. The minimum Gasteiger partial charge on any atom is -0.478 e. The lowest BCUT2D eigenvalue weighted by Gasteiger charge is -2.32. The smallest absolute Gasteiger partial charge is 0.413 e. The monoisotopic (exact) mass is 1940 g/mol. The SMILES string of the molecule is CC(C)(C)OC(=O)CC1CC(=O)C1.CC(C)(C)OC(=O)Nc1ncc(C(=O)NC2CC(=O)C2)c2ccc(-c3cccc(F)c3)cc12.CC(C)(C)OC(=O)Nc1ncc(C(=O)NC2CC(O)C2)c2ccc(-c3cccc(F)c3)cc12.CC(C)(C)OC(=O)Nc1ncc(C(=O)O)c2ccc(-c3cccc(F)c3)cc12.Cl.NC1CC(=O)C1.Nc1ncc(C(=O)NC2CC(O)C2)c2ccc(-c3cccc(F)c3)cc12. The number of carbonyl (C=O) groups is 11. The van der Waals surface area contributed by atoms with Gasteiger partial charge in [-0.2, -0.15) is 0 Å². The number of rotatable bonds is 16. The number of ether oxygens (including phenoxy) is 4. The number of halogens is 5. The van der Waals surface area contributed by atoms with Crippen LogP contribution < -0.4 is 43.4 Å². The lowest BCUT2D eigenvalue weighted by Crippen LogP contribution is -2.46. The molecule has 0 radical (unpaired) electrons. The van der Waals surface area contributed by atoms with Gasteiger partial charge in [-0.1, -0.05) is 97.1 Å². The van der Waals surface area contributed by atoms with E-state index in [9.17, 15) is 85.6 Å². The van der Waals surface area contributed by atoms with Gasteiger partial charge in [0.2, 0.25) is 0 Å². The van der Waals surface area contributed by atoms with Gasteiger partial charge in [-0.3, -0.25) is 49.5 Å². The van der Waals surface area contributed by atoms with Crippen LogP contribution in [0, 0.1) is 29.2 Å². The average molecular weight is 1940 g/mol. The first-order chi connectivity index (χ1) is 65.5. The van der Waals surface area contributed by atoms with Crippen molar-refractivity contribution in [1.82, 2.24) is 35.9 Å². The van der Waals surface area contributed by atoms with Crippen molar-refractivity contribution in [1.29, 1.82) is 0 Å². The van der Waals surface area contributed by atoms with Gasteiger partial charge in [-0.25, -0.2) is 56.7 Å². The first-order valence-electron chi connectivity index (χ1n) is 45.0. The number of pyridine rings is 4. The van der Waals surface area contributed by atoms with Crippen LogP contribution in [-0.4, -0.2) is 159 Å². The van der Waals surface area contributed by atoms with Crippen LogP contribution >= 0.6 is 12.4 Å². The molecule has 0 spiro atoms. The number of ketones is 3. The highest BCUT2D eigenvalue weighted by molar-refractivity contribution is 6.15. The van der Waals surface area contributed by atoms with Gasteiger partial charge in [0, 0.05) is 121 Å². The number of aromatic nitrogens is 4. The predicted octanol–water partition coefficient (Wildman–Crippen LogP) is 19.2. The van der Waals surface area contributed by atoms with E-state index in [1.54, 1.807) is 165 Å². The van der Waals surface area contributed by atoms with Crippen LogP contribution in [0.3, 0.4) is 0 Å². The summed E-state index contributed by atoms with van der Waals surface area (Å²) < 4.78 is 75.7. The maximum Gasteiger partial charge on any atom is 0.413 e. The molecule has 13 N–H and O–H groups in total. The van der Waals surface area contributed by atoms with E-state index >= 15 is 0 Å². The number of hydrogen-bond acceptors (Lipinski definition) is 23. The van der Waals surface area contributed by atoms with Crippen molar-refractivity contribution in [2.24, 2.45) is 11.7 Å². The molecule has 0 bridgehead atoms. The fourth-order valence-electron chi connectivity index (χ4n) is 15.3. The van der Waals surface area contributed by atoms with Gasteiger partial charge in [0.1, 0.15) is 86.3 Å². The number of nitrogens with two attached hydrogens (primary N) is 2. The molecule has 734 valence electrons. The van der Waals surface area contributed by atoms with E-state index in [4.69, 9.17) is 30.4 Å². The van der Waals surface area contributed by atoms with E-state index in [-0.39, 0.29) is 136 Å². The number of amides is 6. The van der Waals surface area contributed by atoms with Crippen LogP contribution in [0.5, 0.6) is 0 Å². The molecule has 30 nitrogen and oxygen atoms in total. The summed E-state index contributed by atoms with van der Waals surface area (Å²) in [4.78, 5) is 147. The molecule has 5 fully saturated rings. The number of carboxylic acids is 1. The molecule has 5 aliphatic carbocycles. The zero-order chi connectivity index (χ0) is 101. The van der Waals surface area contributed by atoms with Gasteiger partial charge in [0.15, 0.2) is 0 Å². The van der Waals surface area contributed by atoms with Gasteiger partial charge in [-0.05, 0) is 248 Å². The van der Waals surface area contributed by atoms with Crippen LogP contribution in [0.25, 0.3) is 87.6 Å². The molecule has 35 heteroatoms. The number of aromatic carboxylic acids is 1. The molecular weight excluding hydrogens is 1830 g/mol. The number of nitrogen functional groups attached to an aromatic ring is 1. The number of hydrogen-bond donors (Lipinski definition) is 11. The minimum atomic E-state index is -1.14. The van der Waals surface area contributed by atoms with Gasteiger partial charge >= 0.3 is 30.2 Å². The number of anilines is 4. The minimum absolute atomic E-state index is 0. The van der Waals surface area contributed by atoms with Crippen molar-refractivity contribution in [3.8, 4) is 44.5 Å². The topological polar surface area (TPSA) is 461 Å². The number of carbonyl (C=O) groups excluding carboxylic acids is 10. The molecule has 140 heavy (non-hydrogen) atoms. The molecule has 6 amide bonds. The molecule has 4 aromatic heterocycles. The van der Waals surface area contributed by atoms with Gasteiger partial charge in [-0.15, -0.1) is 12.4 Å². The molecule has 0 saturated heterocycles. The quantitative estimate of drug-likeness (QED) is 0.0243. The summed E-state index contributed by atoms with van der Waals surface area (Å²) in [6.07, 6.45) is 8.15. The van der Waals surface area contributed by atoms with Crippen molar-refractivity contribution in [2.75, 3.05) is 21.7 Å². The van der Waals surface area contributed by atoms with E-state index in [0.29, 0.717) is 175 Å². The highest BCUT2D eigenvalue weighted by atomic mass is 35.5. The number of fused-ring (bicyclic) bond motifs is 4. The first-order valence-corrected chi connectivity index (χ1v) is 45.0. The van der Waals surface area contributed by atoms with Gasteiger partial charge < -0.3 is 61.7 Å². The molecule has 17 rings (SSSR count). The third-order valence-electron chi connectivity index (χ3n) is 22.1. The Morgan fingerprint density at radius 1 is 0.364 bits per heavy atom. The van der Waals surface area contributed by atoms with Gasteiger partial charge in [0.05, 0.1) is 34.5 Å². The normalized spacial score (nSPS) is 16.0. The number of carboxylic acid groups (broad SMARTS) is 1. The van der Waals surface area contributed by atoms with Crippen LogP contribution in [0.1, 0.15) is 195 Å². The maximum absolute atomic E-state index is 13.8. The van der Waals surface area contributed by atoms with Crippen molar-refractivity contribution in [2.45, 2.75) is 212 Å². The second-order valence-corrected chi connectivity index (χ2v) is 38.4. The Labute approximate surface area is 810 Å². The van der Waals surface area contributed by atoms with E-state index in [1.807, 2.05) is 39.0 Å². The summed E-state index contributed by atoms with van der Waals surface area (Å²) in [5, 5.41) is 49.1. The molecule has 4 heterocycles. The zero-order valence-electron chi connectivity index (χ0n) is 79.1. The molecule has 5 saturated carbocycles. The van der Waals surface area contributed by atoms with Gasteiger partial charge in [0.25, 0.3) is 17.7 Å². The number of aliphatic hydroxyl groups is 2. The number of benzene rings is 8. The van der Waals surface area contributed by atoms with E-state index in [0.717, 1.165) is 11.1 Å². The summed E-state index contributed by atoms with van der Waals surface area (Å²) in [6.45, 7) is 21.2. The highest BCUT2D eigenvalue weighted by Gasteiger charge is 2.35. The maximum atomic E-state index is 13.8.